The third-order valence-electron chi connectivity index (χ3n) is 7.35. The van der Waals surface area contributed by atoms with Crippen LogP contribution in [0.25, 0.3) is 10.4 Å². The molecule has 0 radical (unpaired) electrons. The zero-order valence-electron chi connectivity index (χ0n) is 26.2. The Kier molecular flexibility index (Phi) is 15.0. The van der Waals surface area contributed by atoms with Crippen LogP contribution in [0.4, 0.5) is 10.6 Å². The number of ketones is 1. The molecule has 0 saturated carbocycles. The van der Waals surface area contributed by atoms with E-state index < -0.39 is 57.5 Å². The highest BCUT2D eigenvalue weighted by Crippen LogP contribution is 2.38. The molecule has 2 heterocycles. The average molecular weight is 695 g/mol. The molecule has 0 spiro atoms. The number of nitrogen functional groups attached to an aromatic ring is 1. The summed E-state index contributed by atoms with van der Waals surface area (Å²) in [4.78, 5) is 73.2. The molecule has 1 aliphatic carbocycles. The van der Waals surface area contributed by atoms with Crippen LogP contribution in [0.5, 0.6) is 0 Å². The van der Waals surface area contributed by atoms with Crippen LogP contribution >= 0.6 is 7.82 Å². The highest BCUT2D eigenvalue weighted by atomic mass is 31.2. The Balaban J connectivity index is 1.55. The lowest BCUT2D eigenvalue weighted by Crippen LogP contribution is -2.30. The van der Waals surface area contributed by atoms with Gasteiger partial charge in [-0.05, 0) is 43.7 Å². The predicted octanol–water partition coefficient (Wildman–Crippen LogP) is 1.55. The van der Waals surface area contributed by atoms with E-state index in [1.54, 1.807) is 6.08 Å². The van der Waals surface area contributed by atoms with Crippen LogP contribution in [0.2, 0.25) is 0 Å². The summed E-state index contributed by atoms with van der Waals surface area (Å²) in [6.45, 7) is 0.755. The van der Waals surface area contributed by atoms with E-state index in [0.717, 1.165) is 4.57 Å². The number of hydrogen-bond acceptors (Lipinski definition) is 12. The van der Waals surface area contributed by atoms with E-state index in [1.165, 1.54) is 13.1 Å². The second-order valence-electron chi connectivity index (χ2n) is 10.9. The number of ether oxygens (including phenoxy) is 3. The van der Waals surface area contributed by atoms with Crippen molar-refractivity contribution in [2.75, 3.05) is 32.2 Å². The number of phosphoric ester groups is 1. The molecule has 0 bridgehead atoms. The van der Waals surface area contributed by atoms with E-state index in [4.69, 9.17) is 35.3 Å². The number of carbonyl (C=O) groups excluding carboxylic acids is 3. The first kappa shape index (κ1) is 38.2. The van der Waals surface area contributed by atoms with E-state index in [9.17, 15) is 23.7 Å². The Bertz CT molecular complexity index is 1550. The van der Waals surface area contributed by atoms with E-state index >= 15 is 0 Å². The molecule has 48 heavy (non-hydrogen) atoms. The molecule has 1 aromatic heterocycles. The number of anilines is 1. The number of nitrogens with two attached hydrogens (primary N) is 1. The number of rotatable bonds is 14. The second-order valence-corrected chi connectivity index (χ2v) is 12.1. The first-order valence-electron chi connectivity index (χ1n) is 15.1. The quantitative estimate of drug-likeness (QED) is 0.0352. The molecular weight excluding hydrogens is 655 g/mol. The van der Waals surface area contributed by atoms with E-state index in [0.29, 0.717) is 45.1 Å². The third kappa shape index (κ3) is 13.1. The van der Waals surface area contributed by atoms with Gasteiger partial charge in [-0.2, -0.15) is 4.98 Å². The second kappa shape index (κ2) is 18.9. The summed E-state index contributed by atoms with van der Waals surface area (Å²) >= 11 is 0. The van der Waals surface area contributed by atoms with Gasteiger partial charge < -0.3 is 40.4 Å². The average Bonchev–Trinajstić information content (AvgIpc) is 3.41. The lowest BCUT2D eigenvalue weighted by atomic mass is 9.88. The number of carbonyl (C=O) groups is 3. The van der Waals surface area contributed by atoms with Crippen molar-refractivity contribution in [3.05, 3.63) is 44.8 Å². The lowest BCUT2D eigenvalue weighted by molar-refractivity contribution is -0.124. The number of nitrogens with zero attached hydrogens (tertiary/aromatic N) is 5. The fourth-order valence-corrected chi connectivity index (χ4v) is 5.38. The molecule has 2 unspecified atom stereocenters. The number of hydrogen-bond donors (Lipinski definition) is 5. The molecule has 3 rings (SSSR count). The van der Waals surface area contributed by atoms with Crippen molar-refractivity contribution in [1.29, 1.82) is 0 Å². The fourth-order valence-electron chi connectivity index (χ4n) is 5.04. The van der Waals surface area contributed by atoms with Gasteiger partial charge in [-0.15, -0.1) is 0 Å². The Labute approximate surface area is 275 Å². The zero-order chi connectivity index (χ0) is 35.1. The lowest BCUT2D eigenvalue weighted by Gasteiger charge is -2.21. The van der Waals surface area contributed by atoms with E-state index in [2.05, 4.69) is 42.0 Å². The maximum Gasteiger partial charge on any atom is 0.469 e. The van der Waals surface area contributed by atoms with Crippen molar-refractivity contribution < 1.29 is 47.5 Å². The standard InChI is InChI=1S/C28H39N8O11P/c1-18(37)31-12-5-9-22(38)19-6-2-3-8-21(11-10-19)46-28(40)32-13-4-7-20-15-36(27(39)34-26(20)29)25-14-23(44-17-33-35-30)24(47-25)16-45-48(41,42)43/h3,8,15,19,21,23-25H,2,5-6,9-14,16-17H2,1H3,(H,31,37)(H,32,40)(H2,29,34,39)(H2,41,42,43)/b8-3+/t19?,21?,23-,24-,25-/m1/s1. The van der Waals surface area contributed by atoms with Gasteiger partial charge in [0.2, 0.25) is 5.91 Å². The zero-order valence-corrected chi connectivity index (χ0v) is 27.1. The van der Waals surface area contributed by atoms with Gasteiger partial charge in [0.25, 0.3) is 0 Å². The summed E-state index contributed by atoms with van der Waals surface area (Å²) in [6.07, 6.45) is 4.15. The monoisotopic (exact) mass is 694 g/mol. The van der Waals surface area contributed by atoms with Crippen LogP contribution in [-0.4, -0.2) is 81.9 Å². The maximum atomic E-state index is 12.6. The third-order valence-corrected chi connectivity index (χ3v) is 7.84. The van der Waals surface area contributed by atoms with Gasteiger partial charge in [0.1, 0.15) is 36.8 Å². The van der Waals surface area contributed by atoms with Gasteiger partial charge in [-0.25, -0.2) is 14.2 Å². The van der Waals surface area contributed by atoms with Gasteiger partial charge in [-0.1, -0.05) is 23.0 Å². The largest absolute Gasteiger partial charge is 0.469 e. The van der Waals surface area contributed by atoms with Crippen LogP contribution in [-0.2, 0) is 32.9 Å². The Morgan fingerprint density at radius 1 is 1.29 bits per heavy atom. The van der Waals surface area contributed by atoms with Crippen molar-refractivity contribution >= 4 is 31.4 Å². The molecule has 1 aromatic rings. The molecular formula is C28H39N8O11P. The molecule has 262 valence electrons. The Morgan fingerprint density at radius 3 is 2.81 bits per heavy atom. The number of phosphoric acid groups is 1. The normalized spacial score (nSPS) is 22.9. The van der Waals surface area contributed by atoms with Crippen LogP contribution in [0.15, 0.2) is 28.3 Å². The van der Waals surface area contributed by atoms with E-state index in [-0.39, 0.29) is 42.0 Å². The van der Waals surface area contributed by atoms with Gasteiger partial charge in [0.15, 0.2) is 0 Å². The molecule has 1 aliphatic heterocycles. The minimum Gasteiger partial charge on any atom is -0.442 e. The van der Waals surface area contributed by atoms with Crippen LogP contribution in [0.3, 0.4) is 0 Å². The van der Waals surface area contributed by atoms with Gasteiger partial charge in [-0.3, -0.25) is 18.7 Å². The van der Waals surface area contributed by atoms with Crippen molar-refractivity contribution in [3.63, 3.8) is 0 Å². The van der Waals surface area contributed by atoms with Crippen LogP contribution in [0.1, 0.15) is 63.7 Å². The van der Waals surface area contributed by atoms with Crippen LogP contribution < -0.4 is 22.1 Å². The van der Waals surface area contributed by atoms with E-state index in [1.807, 2.05) is 6.08 Å². The van der Waals surface area contributed by atoms with Crippen LogP contribution in [0, 0.1) is 17.8 Å². The Morgan fingerprint density at radius 2 is 2.08 bits per heavy atom. The molecule has 5 atom stereocenters. The molecule has 2 amide bonds. The number of allylic oxidation sites excluding steroid dienone is 1. The number of nitrogens with one attached hydrogen (secondary N) is 2. The highest BCUT2D eigenvalue weighted by molar-refractivity contribution is 7.46. The van der Waals surface area contributed by atoms with Crippen molar-refractivity contribution in [2.24, 2.45) is 11.0 Å². The molecule has 20 heteroatoms. The SMILES string of the molecule is CC(=O)NCCCC(=O)C1CC/C=C/C(OC(=O)NCC#Cc2cn([C@H]3C[C@@H](OCN=[N+]=[N-])[C@@H](COP(=O)(O)O)O3)c(=O)nc2N)CC1. The minimum atomic E-state index is -4.84. The first-order valence-corrected chi connectivity index (χ1v) is 16.6. The number of azide groups is 1. The molecule has 0 aromatic carbocycles. The predicted molar refractivity (Wildman–Crippen MR) is 167 cm³/mol. The van der Waals surface area contributed by atoms with Crippen molar-refractivity contribution in [3.8, 4) is 11.8 Å². The number of amides is 2. The molecule has 1 saturated heterocycles. The summed E-state index contributed by atoms with van der Waals surface area (Å²) in [5, 5.41) is 8.47. The molecule has 1 fully saturated rings. The molecule has 6 N–H and O–H groups in total. The van der Waals surface area contributed by atoms with Gasteiger partial charge >= 0.3 is 19.6 Å². The van der Waals surface area contributed by atoms with Gasteiger partial charge in [0, 0.05) is 43.3 Å². The minimum absolute atomic E-state index is 0.00499. The summed E-state index contributed by atoms with van der Waals surface area (Å²) < 4.78 is 33.5. The highest BCUT2D eigenvalue weighted by Gasteiger charge is 2.39. The Hall–Kier alpha value is -4.27. The first-order chi connectivity index (χ1) is 22.9. The van der Waals surface area contributed by atoms with Crippen molar-refractivity contribution in [1.82, 2.24) is 20.2 Å². The smallest absolute Gasteiger partial charge is 0.442 e. The summed E-state index contributed by atoms with van der Waals surface area (Å²) in [5.74, 6) is 5.09. The number of aromatic nitrogens is 2. The molecule has 2 aliphatic rings. The summed E-state index contributed by atoms with van der Waals surface area (Å²) in [5.41, 5.74) is 13.7. The maximum absolute atomic E-state index is 12.6. The summed E-state index contributed by atoms with van der Waals surface area (Å²) in [7, 11) is -4.84. The topological polar surface area (TPSA) is 279 Å². The number of alkyl carbamates (subject to hydrolysis) is 1. The fraction of sp³-hybridized carbons (Fsp3) is 0.607. The van der Waals surface area contributed by atoms with Crippen molar-refractivity contribution in [2.45, 2.75) is 76.4 Å². The summed E-state index contributed by atoms with van der Waals surface area (Å²) in [6, 6.07) is 0. The van der Waals surface area contributed by atoms with Gasteiger partial charge in [0.05, 0.1) is 24.8 Å². The molecule has 19 nitrogen and oxygen atoms in total. The number of Topliss-reactive ketones (excluding diaryl/α,β-unsaturated/α-hetero) is 1.